The van der Waals surface area contributed by atoms with Crippen LogP contribution in [0.1, 0.15) is 38.2 Å². The van der Waals surface area contributed by atoms with Crippen LogP contribution in [0.3, 0.4) is 0 Å². The molecule has 0 aromatic heterocycles. The molecule has 0 unspecified atom stereocenters. The zero-order valence-corrected chi connectivity index (χ0v) is 15.1. The van der Waals surface area contributed by atoms with E-state index in [2.05, 4.69) is 5.32 Å². The number of hydrogen-bond acceptors (Lipinski definition) is 2. The molecule has 0 bridgehead atoms. The lowest BCUT2D eigenvalue weighted by Gasteiger charge is -2.38. The van der Waals surface area contributed by atoms with Crippen LogP contribution in [0.5, 0.6) is 0 Å². The summed E-state index contributed by atoms with van der Waals surface area (Å²) in [6.07, 6.45) is 2.88. The molecular weight excluding hydrogens is 340 g/mol. The average molecular weight is 365 g/mol. The molecule has 26 heavy (non-hydrogen) atoms. The maximum atomic E-state index is 13.4. The molecule has 7 heteroatoms. The van der Waals surface area contributed by atoms with E-state index in [0.717, 1.165) is 25.3 Å². The highest BCUT2D eigenvalue weighted by molar-refractivity contribution is 5.80. The molecule has 0 aliphatic carbocycles. The van der Waals surface area contributed by atoms with Crippen LogP contribution in [0.15, 0.2) is 18.2 Å². The smallest absolute Gasteiger partial charge is 0.317 e. The minimum absolute atomic E-state index is 0.0125. The van der Waals surface area contributed by atoms with Crippen LogP contribution in [-0.2, 0) is 11.3 Å². The lowest BCUT2D eigenvalue weighted by molar-refractivity contribution is -0.128. The van der Waals surface area contributed by atoms with E-state index in [1.165, 1.54) is 12.1 Å². The monoisotopic (exact) mass is 365 g/mol. The third-order valence-corrected chi connectivity index (χ3v) is 5.34. The van der Waals surface area contributed by atoms with Gasteiger partial charge in [-0.05, 0) is 37.0 Å². The van der Waals surface area contributed by atoms with Gasteiger partial charge in [0.2, 0.25) is 5.91 Å². The zero-order valence-electron chi connectivity index (χ0n) is 15.1. The Bertz CT molecular complexity index is 667. The van der Waals surface area contributed by atoms with Gasteiger partial charge in [-0.2, -0.15) is 0 Å². The Labute approximate surface area is 152 Å². The normalized spacial score (nSPS) is 19.3. The molecule has 2 aliphatic rings. The van der Waals surface area contributed by atoms with Gasteiger partial charge in [0.25, 0.3) is 0 Å². The minimum Gasteiger partial charge on any atom is -0.338 e. The fourth-order valence-electron chi connectivity index (χ4n) is 3.91. The van der Waals surface area contributed by atoms with Crippen LogP contribution in [-0.4, -0.2) is 47.9 Å². The highest BCUT2D eigenvalue weighted by atomic mass is 19.1. The van der Waals surface area contributed by atoms with Crippen molar-refractivity contribution in [2.24, 2.45) is 5.41 Å². The van der Waals surface area contributed by atoms with Crippen LogP contribution in [0.4, 0.5) is 13.6 Å². The highest BCUT2D eigenvalue weighted by Crippen LogP contribution is 2.41. The SMILES string of the molecule is CCCNC(=O)N1CCC2(CC1)CC(=O)N(Cc1cc(F)cc(F)c1)C2. The second-order valence-electron chi connectivity index (χ2n) is 7.42. The van der Waals surface area contributed by atoms with E-state index < -0.39 is 11.6 Å². The Morgan fingerprint density at radius 3 is 2.46 bits per heavy atom. The van der Waals surface area contributed by atoms with Gasteiger partial charge in [0.05, 0.1) is 0 Å². The van der Waals surface area contributed by atoms with Gasteiger partial charge in [0, 0.05) is 50.6 Å². The predicted octanol–water partition coefficient (Wildman–Crippen LogP) is 2.90. The Hall–Kier alpha value is -2.18. The molecule has 0 saturated carbocycles. The first kappa shape index (κ1) is 18.6. The Morgan fingerprint density at radius 1 is 1.19 bits per heavy atom. The molecule has 2 heterocycles. The maximum absolute atomic E-state index is 13.4. The number of nitrogens with one attached hydrogen (secondary N) is 1. The average Bonchev–Trinajstić information content (AvgIpc) is 2.87. The van der Waals surface area contributed by atoms with Crippen LogP contribution in [0, 0.1) is 17.0 Å². The molecule has 1 aromatic carbocycles. The molecule has 5 nitrogen and oxygen atoms in total. The van der Waals surface area contributed by atoms with Crippen molar-refractivity contribution in [3.05, 3.63) is 35.4 Å². The molecule has 0 radical (unpaired) electrons. The number of likely N-dealkylation sites (tertiary alicyclic amines) is 2. The number of benzene rings is 1. The number of carbonyl (C=O) groups excluding carboxylic acids is 2. The van der Waals surface area contributed by atoms with Crippen LogP contribution < -0.4 is 5.32 Å². The molecule has 3 amide bonds. The van der Waals surface area contributed by atoms with Crippen molar-refractivity contribution in [2.45, 2.75) is 39.2 Å². The van der Waals surface area contributed by atoms with Gasteiger partial charge in [-0.15, -0.1) is 0 Å². The van der Waals surface area contributed by atoms with Crippen molar-refractivity contribution >= 4 is 11.9 Å². The fourth-order valence-corrected chi connectivity index (χ4v) is 3.91. The molecule has 1 N–H and O–H groups in total. The number of urea groups is 1. The van der Waals surface area contributed by atoms with Gasteiger partial charge in [-0.25, -0.2) is 13.6 Å². The van der Waals surface area contributed by atoms with Crippen molar-refractivity contribution in [1.82, 2.24) is 15.1 Å². The first-order valence-electron chi connectivity index (χ1n) is 9.16. The summed E-state index contributed by atoms with van der Waals surface area (Å²) >= 11 is 0. The lowest BCUT2D eigenvalue weighted by Crippen LogP contribution is -2.48. The standard InChI is InChI=1S/C19H25F2N3O2/c1-2-5-22-18(26)23-6-3-19(4-7-23)11-17(25)24(13-19)12-14-8-15(20)10-16(21)9-14/h8-10H,2-7,11-13H2,1H3,(H,22,26). The number of piperidine rings is 1. The number of rotatable bonds is 4. The largest absolute Gasteiger partial charge is 0.338 e. The summed E-state index contributed by atoms with van der Waals surface area (Å²) in [4.78, 5) is 28.0. The van der Waals surface area contributed by atoms with Crippen LogP contribution >= 0.6 is 0 Å². The van der Waals surface area contributed by atoms with Gasteiger partial charge in [-0.1, -0.05) is 6.92 Å². The van der Waals surface area contributed by atoms with E-state index in [1.54, 1.807) is 9.80 Å². The number of halogens is 2. The number of carbonyl (C=O) groups is 2. The highest BCUT2D eigenvalue weighted by Gasteiger charge is 2.45. The maximum Gasteiger partial charge on any atom is 0.317 e. The van der Waals surface area contributed by atoms with E-state index in [0.29, 0.717) is 38.2 Å². The van der Waals surface area contributed by atoms with Gasteiger partial charge >= 0.3 is 6.03 Å². The van der Waals surface area contributed by atoms with Crippen LogP contribution in [0.25, 0.3) is 0 Å². The van der Waals surface area contributed by atoms with E-state index in [4.69, 9.17) is 0 Å². The van der Waals surface area contributed by atoms with Crippen molar-refractivity contribution in [2.75, 3.05) is 26.2 Å². The topological polar surface area (TPSA) is 52.7 Å². The molecule has 3 rings (SSSR count). The van der Waals surface area contributed by atoms with Gasteiger partial charge in [0.15, 0.2) is 0 Å². The van der Waals surface area contributed by atoms with E-state index in [-0.39, 0.29) is 23.9 Å². The summed E-state index contributed by atoms with van der Waals surface area (Å²) in [6, 6.07) is 3.32. The molecule has 2 aliphatic heterocycles. The van der Waals surface area contributed by atoms with Gasteiger partial charge < -0.3 is 15.1 Å². The van der Waals surface area contributed by atoms with Crippen molar-refractivity contribution in [3.8, 4) is 0 Å². The Morgan fingerprint density at radius 2 is 1.85 bits per heavy atom. The molecular formula is C19H25F2N3O2. The summed E-state index contributed by atoms with van der Waals surface area (Å²) in [7, 11) is 0. The predicted molar refractivity (Wildman–Crippen MR) is 93.3 cm³/mol. The van der Waals surface area contributed by atoms with Gasteiger partial charge in [-0.3, -0.25) is 4.79 Å². The lowest BCUT2D eigenvalue weighted by atomic mass is 9.77. The molecule has 2 fully saturated rings. The third kappa shape index (κ3) is 4.14. The van der Waals surface area contributed by atoms with Crippen molar-refractivity contribution < 1.29 is 18.4 Å². The quantitative estimate of drug-likeness (QED) is 0.892. The molecule has 142 valence electrons. The van der Waals surface area contributed by atoms with Crippen LogP contribution in [0.2, 0.25) is 0 Å². The Balaban J connectivity index is 1.58. The first-order valence-corrected chi connectivity index (χ1v) is 9.16. The zero-order chi connectivity index (χ0) is 18.7. The summed E-state index contributed by atoms with van der Waals surface area (Å²) < 4.78 is 26.7. The summed E-state index contributed by atoms with van der Waals surface area (Å²) in [5.74, 6) is -1.25. The first-order chi connectivity index (χ1) is 12.4. The summed E-state index contributed by atoms with van der Waals surface area (Å²) in [6.45, 7) is 4.73. The molecule has 2 saturated heterocycles. The number of amides is 3. The molecule has 1 spiro atoms. The fraction of sp³-hybridized carbons (Fsp3) is 0.579. The minimum atomic E-state index is -0.632. The molecule has 0 atom stereocenters. The summed E-state index contributed by atoms with van der Waals surface area (Å²) in [5, 5.41) is 2.88. The number of hydrogen-bond donors (Lipinski definition) is 1. The molecule has 1 aromatic rings. The van der Waals surface area contributed by atoms with E-state index in [1.807, 2.05) is 6.92 Å². The number of nitrogens with zero attached hydrogens (tertiary/aromatic N) is 2. The van der Waals surface area contributed by atoms with Gasteiger partial charge in [0.1, 0.15) is 11.6 Å². The van der Waals surface area contributed by atoms with E-state index >= 15 is 0 Å². The third-order valence-electron chi connectivity index (χ3n) is 5.34. The van der Waals surface area contributed by atoms with Crippen molar-refractivity contribution in [3.63, 3.8) is 0 Å². The summed E-state index contributed by atoms with van der Waals surface area (Å²) in [5.41, 5.74) is 0.328. The Kier molecular flexibility index (Phi) is 5.44. The van der Waals surface area contributed by atoms with E-state index in [9.17, 15) is 18.4 Å². The van der Waals surface area contributed by atoms with Crippen molar-refractivity contribution in [1.29, 1.82) is 0 Å². The second-order valence-corrected chi connectivity index (χ2v) is 7.42. The second kappa shape index (κ2) is 7.60.